The highest BCUT2D eigenvalue weighted by atomic mass is 31.1. The molecule has 2 aromatic rings. The lowest BCUT2D eigenvalue weighted by atomic mass is 10.2. The summed E-state index contributed by atoms with van der Waals surface area (Å²) in [6.07, 6.45) is 3.89. The van der Waals surface area contributed by atoms with Crippen molar-refractivity contribution in [2.45, 2.75) is 6.92 Å². The predicted molar refractivity (Wildman–Crippen MR) is 83.1 cm³/mol. The van der Waals surface area contributed by atoms with E-state index in [2.05, 4.69) is 73.9 Å². The van der Waals surface area contributed by atoms with Crippen LogP contribution in [0.4, 0.5) is 0 Å². The van der Waals surface area contributed by atoms with Crippen LogP contribution in [0.5, 0.6) is 0 Å². The summed E-state index contributed by atoms with van der Waals surface area (Å²) in [4.78, 5) is 0. The fraction of sp³-hybridized carbons (Fsp3) is 0.0588. The zero-order valence-corrected chi connectivity index (χ0v) is 11.5. The molecule has 1 atom stereocenters. The monoisotopic (exact) mass is 252 g/mol. The van der Waals surface area contributed by atoms with Crippen molar-refractivity contribution >= 4 is 18.5 Å². The summed E-state index contributed by atoms with van der Waals surface area (Å²) in [6, 6.07) is 19.3. The van der Waals surface area contributed by atoms with Crippen LogP contribution in [0.15, 0.2) is 79.1 Å². The molecule has 0 N–H and O–H groups in total. The van der Waals surface area contributed by atoms with Gasteiger partial charge in [-0.15, -0.1) is 0 Å². The summed E-state index contributed by atoms with van der Waals surface area (Å²) in [5.74, 6) is 2.26. The molecule has 0 amide bonds. The lowest BCUT2D eigenvalue weighted by molar-refractivity contribution is 1.52. The molecule has 0 spiro atoms. The lowest BCUT2D eigenvalue weighted by Gasteiger charge is -2.16. The smallest absolute Gasteiger partial charge is 0.0127 e. The number of hydrogen-bond donors (Lipinski definition) is 0. The maximum atomic E-state index is 3.77. The second-order valence-corrected chi connectivity index (χ2v) is 6.11. The first kappa shape index (κ1) is 12.8. The van der Waals surface area contributed by atoms with Crippen LogP contribution in [0, 0.1) is 6.92 Å². The van der Waals surface area contributed by atoms with Gasteiger partial charge in [0.15, 0.2) is 0 Å². The maximum Gasteiger partial charge on any atom is -0.0127 e. The first-order valence-electron chi connectivity index (χ1n) is 6.02. The minimum atomic E-state index is -0.429. The number of benzene rings is 2. The van der Waals surface area contributed by atoms with Crippen molar-refractivity contribution < 1.29 is 0 Å². The molecule has 2 rings (SSSR count). The van der Waals surface area contributed by atoms with E-state index in [4.69, 9.17) is 0 Å². The normalized spacial score (nSPS) is 12.5. The third-order valence-corrected chi connectivity index (χ3v) is 5.13. The van der Waals surface area contributed by atoms with Gasteiger partial charge in [0.2, 0.25) is 0 Å². The van der Waals surface area contributed by atoms with Gasteiger partial charge in [0, 0.05) is 0 Å². The Morgan fingerprint density at radius 1 is 0.944 bits per heavy atom. The Labute approximate surface area is 110 Å². The minimum Gasteiger partial charge on any atom is -0.0991 e. The number of aryl methyl sites for hydroxylation is 1. The molecule has 1 heteroatoms. The van der Waals surface area contributed by atoms with E-state index in [1.165, 1.54) is 16.2 Å². The van der Waals surface area contributed by atoms with Gasteiger partial charge in [-0.05, 0) is 31.0 Å². The van der Waals surface area contributed by atoms with Gasteiger partial charge in [-0.3, -0.25) is 0 Å². The first-order valence-corrected chi connectivity index (χ1v) is 7.43. The van der Waals surface area contributed by atoms with Crippen LogP contribution in [-0.4, -0.2) is 0 Å². The van der Waals surface area contributed by atoms with Crippen LogP contribution in [0.3, 0.4) is 0 Å². The van der Waals surface area contributed by atoms with E-state index in [-0.39, 0.29) is 0 Å². The molecule has 0 aliphatic carbocycles. The van der Waals surface area contributed by atoms with E-state index in [0.717, 1.165) is 0 Å². The molecule has 0 aliphatic rings. The topological polar surface area (TPSA) is 0 Å². The van der Waals surface area contributed by atoms with Crippen LogP contribution in [0.2, 0.25) is 0 Å². The third kappa shape index (κ3) is 2.97. The zero-order chi connectivity index (χ0) is 12.8. The Kier molecular flexibility index (Phi) is 4.50. The van der Waals surface area contributed by atoms with Crippen molar-refractivity contribution in [3.63, 3.8) is 0 Å². The van der Waals surface area contributed by atoms with Crippen molar-refractivity contribution in [3.05, 3.63) is 84.7 Å². The average molecular weight is 252 g/mol. The van der Waals surface area contributed by atoms with E-state index >= 15 is 0 Å². The van der Waals surface area contributed by atoms with Crippen molar-refractivity contribution in [2.24, 2.45) is 0 Å². The van der Waals surface area contributed by atoms with Crippen LogP contribution >= 0.6 is 7.92 Å². The zero-order valence-electron chi connectivity index (χ0n) is 10.6. The summed E-state index contributed by atoms with van der Waals surface area (Å²) in [6.45, 7) is 5.94. The van der Waals surface area contributed by atoms with Crippen molar-refractivity contribution in [1.82, 2.24) is 0 Å². The largest absolute Gasteiger partial charge is 0.0991 e. The van der Waals surface area contributed by atoms with Gasteiger partial charge in [0.05, 0.1) is 0 Å². The second kappa shape index (κ2) is 6.33. The van der Waals surface area contributed by atoms with E-state index in [0.29, 0.717) is 0 Å². The van der Waals surface area contributed by atoms with Crippen LogP contribution in [0.1, 0.15) is 5.56 Å². The molecule has 0 heterocycles. The molecule has 2 aromatic carbocycles. The molecule has 0 aliphatic heterocycles. The molecule has 18 heavy (non-hydrogen) atoms. The Hall–Kier alpha value is -1.65. The Morgan fingerprint density at radius 3 is 2.28 bits per heavy atom. The Balaban J connectivity index is 2.47. The molecule has 90 valence electrons. The minimum absolute atomic E-state index is 0.429. The summed E-state index contributed by atoms with van der Waals surface area (Å²) in [7, 11) is -0.429. The summed E-state index contributed by atoms with van der Waals surface area (Å²) < 4.78 is 0. The summed E-state index contributed by atoms with van der Waals surface area (Å²) in [5.41, 5.74) is 1.35. The summed E-state index contributed by atoms with van der Waals surface area (Å²) >= 11 is 0. The van der Waals surface area contributed by atoms with Gasteiger partial charge in [-0.25, -0.2) is 0 Å². The highest BCUT2D eigenvalue weighted by Crippen LogP contribution is 2.36. The summed E-state index contributed by atoms with van der Waals surface area (Å²) in [5, 5.41) is 2.79. The Morgan fingerprint density at radius 2 is 1.61 bits per heavy atom. The highest BCUT2D eigenvalue weighted by Gasteiger charge is 2.11. The molecule has 0 fully saturated rings. The van der Waals surface area contributed by atoms with Crippen LogP contribution in [0.25, 0.3) is 0 Å². The van der Waals surface area contributed by atoms with Crippen LogP contribution in [-0.2, 0) is 0 Å². The highest BCUT2D eigenvalue weighted by molar-refractivity contribution is 7.75. The van der Waals surface area contributed by atoms with Gasteiger partial charge in [-0.2, -0.15) is 0 Å². The fourth-order valence-electron chi connectivity index (χ4n) is 1.87. The SMILES string of the molecule is C=CC=CP(c1ccccc1)c1ccccc1C. The predicted octanol–water partition coefficient (Wildman–Crippen LogP) is 4.13. The molecule has 0 bridgehead atoms. The van der Waals surface area contributed by atoms with Gasteiger partial charge in [0.25, 0.3) is 0 Å². The molecule has 0 saturated heterocycles. The van der Waals surface area contributed by atoms with Crippen LogP contribution < -0.4 is 10.6 Å². The lowest BCUT2D eigenvalue weighted by Crippen LogP contribution is -2.12. The average Bonchev–Trinajstić information content (AvgIpc) is 2.42. The van der Waals surface area contributed by atoms with Gasteiger partial charge in [-0.1, -0.05) is 79.1 Å². The van der Waals surface area contributed by atoms with E-state index in [9.17, 15) is 0 Å². The molecule has 0 nitrogen and oxygen atoms in total. The standard InChI is InChI=1S/C17H17P/c1-3-4-14-18(16-11-6-5-7-12-16)17-13-9-8-10-15(17)2/h3-14H,1H2,2H3. The number of hydrogen-bond acceptors (Lipinski definition) is 0. The second-order valence-electron chi connectivity index (χ2n) is 4.07. The number of rotatable bonds is 4. The van der Waals surface area contributed by atoms with E-state index in [1.807, 2.05) is 12.2 Å². The maximum absolute atomic E-state index is 3.77. The fourth-order valence-corrected chi connectivity index (χ4v) is 3.97. The molecule has 0 radical (unpaired) electrons. The van der Waals surface area contributed by atoms with E-state index in [1.54, 1.807) is 0 Å². The molecule has 1 unspecified atom stereocenters. The Bertz CT molecular complexity index is 541. The molecular weight excluding hydrogens is 235 g/mol. The molecule has 0 aromatic heterocycles. The van der Waals surface area contributed by atoms with Gasteiger partial charge in [0.1, 0.15) is 0 Å². The molecular formula is C17H17P. The van der Waals surface area contributed by atoms with E-state index < -0.39 is 7.92 Å². The quantitative estimate of drug-likeness (QED) is 0.567. The van der Waals surface area contributed by atoms with Crippen molar-refractivity contribution in [1.29, 1.82) is 0 Å². The van der Waals surface area contributed by atoms with Gasteiger partial charge >= 0.3 is 0 Å². The van der Waals surface area contributed by atoms with Crippen molar-refractivity contribution in [2.75, 3.05) is 0 Å². The van der Waals surface area contributed by atoms with Gasteiger partial charge < -0.3 is 0 Å². The first-order chi connectivity index (χ1) is 8.83. The molecule has 0 saturated carbocycles. The van der Waals surface area contributed by atoms with Crippen molar-refractivity contribution in [3.8, 4) is 0 Å². The third-order valence-electron chi connectivity index (χ3n) is 2.78. The number of allylic oxidation sites excluding steroid dienone is 2.